The van der Waals surface area contributed by atoms with Crippen molar-refractivity contribution in [2.45, 2.75) is 6.54 Å². The van der Waals surface area contributed by atoms with Crippen LogP contribution in [0.3, 0.4) is 0 Å². The molecule has 0 aliphatic heterocycles. The standard InChI is InChI=1S/C10H8FN3O3/c11-7-1-2-10(14(15)16)9(5-7)12-6-8-3-4-17-13-8/h1-5,12H,6H2. The minimum Gasteiger partial charge on any atom is -0.374 e. The quantitative estimate of drug-likeness (QED) is 0.651. The number of nitro groups is 1. The molecular formula is C10H8FN3O3. The summed E-state index contributed by atoms with van der Waals surface area (Å²) in [6.45, 7) is 0.223. The normalized spacial score (nSPS) is 10.2. The fourth-order valence-corrected chi connectivity index (χ4v) is 1.32. The summed E-state index contributed by atoms with van der Waals surface area (Å²) in [6, 6.07) is 4.83. The van der Waals surface area contributed by atoms with Gasteiger partial charge in [0.1, 0.15) is 23.5 Å². The molecule has 7 heteroatoms. The predicted octanol–water partition coefficient (Wildman–Crippen LogP) is 2.33. The molecule has 0 saturated carbocycles. The summed E-state index contributed by atoms with van der Waals surface area (Å²) in [7, 11) is 0. The summed E-state index contributed by atoms with van der Waals surface area (Å²) >= 11 is 0. The molecule has 88 valence electrons. The first-order valence-corrected chi connectivity index (χ1v) is 4.74. The Morgan fingerprint density at radius 1 is 1.47 bits per heavy atom. The lowest BCUT2D eigenvalue weighted by Crippen LogP contribution is -2.03. The molecule has 0 spiro atoms. The molecular weight excluding hydrogens is 229 g/mol. The summed E-state index contributed by atoms with van der Waals surface area (Å²) in [5, 5.41) is 17.1. The Balaban J connectivity index is 2.19. The van der Waals surface area contributed by atoms with Crippen molar-refractivity contribution >= 4 is 11.4 Å². The van der Waals surface area contributed by atoms with Gasteiger partial charge in [0, 0.05) is 18.2 Å². The third kappa shape index (κ3) is 2.57. The van der Waals surface area contributed by atoms with E-state index in [0.29, 0.717) is 5.69 Å². The molecule has 0 radical (unpaired) electrons. The van der Waals surface area contributed by atoms with Gasteiger partial charge in [0.05, 0.1) is 11.5 Å². The van der Waals surface area contributed by atoms with E-state index >= 15 is 0 Å². The lowest BCUT2D eigenvalue weighted by atomic mass is 10.2. The van der Waals surface area contributed by atoms with Gasteiger partial charge in [-0.2, -0.15) is 0 Å². The summed E-state index contributed by atoms with van der Waals surface area (Å²) in [6.07, 6.45) is 1.39. The van der Waals surface area contributed by atoms with Crippen molar-refractivity contribution in [3.05, 3.63) is 52.2 Å². The SMILES string of the molecule is O=[N+]([O-])c1ccc(F)cc1NCc1ccon1. The van der Waals surface area contributed by atoms with E-state index in [9.17, 15) is 14.5 Å². The maximum Gasteiger partial charge on any atom is 0.292 e. The van der Waals surface area contributed by atoms with Gasteiger partial charge >= 0.3 is 0 Å². The molecule has 1 aromatic carbocycles. The average molecular weight is 237 g/mol. The van der Waals surface area contributed by atoms with Crippen LogP contribution in [-0.4, -0.2) is 10.1 Å². The van der Waals surface area contributed by atoms with Gasteiger partial charge < -0.3 is 9.84 Å². The highest BCUT2D eigenvalue weighted by atomic mass is 19.1. The van der Waals surface area contributed by atoms with Crippen molar-refractivity contribution < 1.29 is 13.8 Å². The van der Waals surface area contributed by atoms with Crippen LogP contribution in [0.15, 0.2) is 35.1 Å². The highest BCUT2D eigenvalue weighted by Crippen LogP contribution is 2.25. The Morgan fingerprint density at radius 3 is 2.94 bits per heavy atom. The van der Waals surface area contributed by atoms with Crippen LogP contribution in [0.5, 0.6) is 0 Å². The summed E-state index contributed by atoms with van der Waals surface area (Å²) in [5.41, 5.74) is 0.497. The van der Waals surface area contributed by atoms with Crippen LogP contribution >= 0.6 is 0 Å². The summed E-state index contributed by atoms with van der Waals surface area (Å²) < 4.78 is 17.6. The molecule has 6 nitrogen and oxygen atoms in total. The van der Waals surface area contributed by atoms with Crippen LogP contribution in [0.1, 0.15) is 5.69 Å². The second kappa shape index (κ2) is 4.60. The fourth-order valence-electron chi connectivity index (χ4n) is 1.32. The van der Waals surface area contributed by atoms with Crippen LogP contribution in [0, 0.1) is 15.9 Å². The lowest BCUT2D eigenvalue weighted by molar-refractivity contribution is -0.384. The number of nitrogens with one attached hydrogen (secondary N) is 1. The summed E-state index contributed by atoms with van der Waals surface area (Å²) in [4.78, 5) is 10.1. The third-order valence-electron chi connectivity index (χ3n) is 2.11. The number of benzene rings is 1. The zero-order chi connectivity index (χ0) is 12.3. The number of nitrogens with zero attached hydrogens (tertiary/aromatic N) is 2. The molecule has 1 aromatic heterocycles. The maximum atomic E-state index is 13.0. The zero-order valence-corrected chi connectivity index (χ0v) is 8.59. The number of halogens is 1. The van der Waals surface area contributed by atoms with Crippen LogP contribution in [0.25, 0.3) is 0 Å². The highest BCUT2D eigenvalue weighted by molar-refractivity contribution is 5.61. The minimum atomic E-state index is -0.579. The minimum absolute atomic E-state index is 0.109. The van der Waals surface area contributed by atoms with Crippen molar-refractivity contribution in [1.82, 2.24) is 5.16 Å². The molecule has 17 heavy (non-hydrogen) atoms. The van der Waals surface area contributed by atoms with Crippen LogP contribution in [0.2, 0.25) is 0 Å². The molecule has 2 rings (SSSR count). The molecule has 1 N–H and O–H groups in total. The van der Waals surface area contributed by atoms with Crippen molar-refractivity contribution in [2.24, 2.45) is 0 Å². The van der Waals surface area contributed by atoms with E-state index < -0.39 is 10.7 Å². The van der Waals surface area contributed by atoms with E-state index in [4.69, 9.17) is 0 Å². The molecule has 0 saturated heterocycles. The van der Waals surface area contributed by atoms with Crippen molar-refractivity contribution in [3.8, 4) is 0 Å². The van der Waals surface area contributed by atoms with Gasteiger partial charge in [-0.05, 0) is 6.07 Å². The van der Waals surface area contributed by atoms with E-state index in [2.05, 4.69) is 15.0 Å². The Kier molecular flexibility index (Phi) is 2.99. The van der Waals surface area contributed by atoms with E-state index in [1.54, 1.807) is 6.07 Å². The van der Waals surface area contributed by atoms with E-state index in [-0.39, 0.29) is 17.9 Å². The number of aromatic nitrogens is 1. The molecule has 1 heterocycles. The van der Waals surface area contributed by atoms with Crippen LogP contribution in [-0.2, 0) is 6.54 Å². The number of anilines is 1. The second-order valence-electron chi connectivity index (χ2n) is 3.26. The molecule has 0 aliphatic carbocycles. The third-order valence-corrected chi connectivity index (χ3v) is 2.11. The Morgan fingerprint density at radius 2 is 2.29 bits per heavy atom. The summed E-state index contributed by atoms with van der Waals surface area (Å²) in [5.74, 6) is -0.543. The molecule has 0 amide bonds. The van der Waals surface area contributed by atoms with Crippen molar-refractivity contribution in [3.63, 3.8) is 0 Å². The monoisotopic (exact) mass is 237 g/mol. The Hall–Kier alpha value is -2.44. The first-order valence-electron chi connectivity index (χ1n) is 4.74. The van der Waals surface area contributed by atoms with Gasteiger partial charge in [0.25, 0.3) is 5.69 Å². The number of hydrogen-bond donors (Lipinski definition) is 1. The average Bonchev–Trinajstić information content (AvgIpc) is 2.78. The van der Waals surface area contributed by atoms with Gasteiger partial charge in [-0.3, -0.25) is 10.1 Å². The topological polar surface area (TPSA) is 81.2 Å². The molecule has 0 atom stereocenters. The Labute approximate surface area is 95.2 Å². The molecule has 0 unspecified atom stereocenters. The van der Waals surface area contributed by atoms with Crippen molar-refractivity contribution in [2.75, 3.05) is 5.32 Å². The van der Waals surface area contributed by atoms with Crippen LogP contribution in [0.4, 0.5) is 15.8 Å². The molecule has 0 bridgehead atoms. The van der Waals surface area contributed by atoms with E-state index in [1.807, 2.05) is 0 Å². The first kappa shape index (κ1) is 11.1. The van der Waals surface area contributed by atoms with Gasteiger partial charge in [-0.25, -0.2) is 4.39 Å². The number of rotatable bonds is 4. The first-order chi connectivity index (χ1) is 8.16. The van der Waals surface area contributed by atoms with Gasteiger partial charge in [-0.15, -0.1) is 0 Å². The largest absolute Gasteiger partial charge is 0.374 e. The molecule has 2 aromatic rings. The smallest absolute Gasteiger partial charge is 0.292 e. The van der Waals surface area contributed by atoms with Gasteiger partial charge in [0.2, 0.25) is 0 Å². The van der Waals surface area contributed by atoms with E-state index in [1.165, 1.54) is 6.26 Å². The van der Waals surface area contributed by atoms with E-state index in [0.717, 1.165) is 18.2 Å². The second-order valence-corrected chi connectivity index (χ2v) is 3.26. The highest BCUT2D eigenvalue weighted by Gasteiger charge is 2.14. The fraction of sp³-hybridized carbons (Fsp3) is 0.100. The number of hydrogen-bond acceptors (Lipinski definition) is 5. The van der Waals surface area contributed by atoms with Gasteiger partial charge in [-0.1, -0.05) is 5.16 Å². The molecule has 0 fully saturated rings. The zero-order valence-electron chi connectivity index (χ0n) is 8.59. The molecule has 0 aliphatic rings. The lowest BCUT2D eigenvalue weighted by Gasteiger charge is -2.04. The number of nitro benzene ring substituents is 1. The van der Waals surface area contributed by atoms with Crippen LogP contribution < -0.4 is 5.32 Å². The Bertz CT molecular complexity index is 528. The van der Waals surface area contributed by atoms with Crippen molar-refractivity contribution in [1.29, 1.82) is 0 Å². The maximum absolute atomic E-state index is 13.0. The van der Waals surface area contributed by atoms with Gasteiger partial charge in [0.15, 0.2) is 0 Å². The predicted molar refractivity (Wildman–Crippen MR) is 56.9 cm³/mol.